The molecule has 1 aromatic carbocycles. The summed E-state index contributed by atoms with van der Waals surface area (Å²) >= 11 is 7.12. The third-order valence-corrected chi connectivity index (χ3v) is 4.73. The zero-order valence-electron chi connectivity index (χ0n) is 10.9. The Morgan fingerprint density at radius 3 is 2.50 bits per heavy atom. The van der Waals surface area contributed by atoms with Gasteiger partial charge in [0.2, 0.25) is 0 Å². The van der Waals surface area contributed by atoms with Crippen molar-refractivity contribution in [1.82, 2.24) is 4.90 Å². The van der Waals surface area contributed by atoms with Crippen LogP contribution in [0, 0.1) is 0 Å². The van der Waals surface area contributed by atoms with Crippen LogP contribution >= 0.6 is 31.9 Å². The molecule has 1 aliphatic heterocycles. The number of rotatable bonds is 3. The Morgan fingerprint density at radius 1 is 1.22 bits per heavy atom. The molecule has 0 saturated carbocycles. The first-order valence-electron chi connectivity index (χ1n) is 6.52. The molecule has 1 saturated heterocycles. The van der Waals surface area contributed by atoms with Crippen LogP contribution in [-0.2, 0) is 0 Å². The van der Waals surface area contributed by atoms with Crippen molar-refractivity contribution < 1.29 is 0 Å². The van der Waals surface area contributed by atoms with Gasteiger partial charge in [0.05, 0.1) is 0 Å². The maximum absolute atomic E-state index is 3.65. The van der Waals surface area contributed by atoms with Crippen molar-refractivity contribution in [3.8, 4) is 0 Å². The normalized spacial score (nSPS) is 18.3. The molecule has 0 bridgehead atoms. The lowest BCUT2D eigenvalue weighted by Crippen LogP contribution is -2.42. The number of anilines is 1. The smallest absolute Gasteiger partial charge is 0.0498 e. The summed E-state index contributed by atoms with van der Waals surface area (Å²) in [6.45, 7) is 6.94. The number of hydrogen-bond donors (Lipinski definition) is 1. The molecule has 1 N–H and O–H groups in total. The molecule has 1 aliphatic rings. The van der Waals surface area contributed by atoms with Crippen LogP contribution in [0.1, 0.15) is 26.7 Å². The van der Waals surface area contributed by atoms with Crippen LogP contribution in [0.3, 0.4) is 0 Å². The van der Waals surface area contributed by atoms with Crippen molar-refractivity contribution in [2.24, 2.45) is 0 Å². The molecule has 2 rings (SSSR count). The fraction of sp³-hybridized carbons (Fsp3) is 0.571. The quantitative estimate of drug-likeness (QED) is 0.836. The van der Waals surface area contributed by atoms with E-state index in [2.05, 4.69) is 74.1 Å². The van der Waals surface area contributed by atoms with E-state index in [4.69, 9.17) is 0 Å². The Bertz CT molecular complexity index is 399. The van der Waals surface area contributed by atoms with Gasteiger partial charge in [-0.25, -0.2) is 0 Å². The first-order valence-corrected chi connectivity index (χ1v) is 8.10. The van der Waals surface area contributed by atoms with Crippen LogP contribution in [0.5, 0.6) is 0 Å². The van der Waals surface area contributed by atoms with Crippen molar-refractivity contribution in [3.05, 3.63) is 27.1 Å². The maximum atomic E-state index is 3.65. The molecule has 18 heavy (non-hydrogen) atoms. The van der Waals surface area contributed by atoms with Crippen LogP contribution in [0.2, 0.25) is 0 Å². The summed E-state index contributed by atoms with van der Waals surface area (Å²) in [5.41, 5.74) is 1.19. The molecular formula is C14H20Br2N2. The van der Waals surface area contributed by atoms with Crippen LogP contribution in [0.15, 0.2) is 27.1 Å². The predicted molar refractivity (Wildman–Crippen MR) is 85.2 cm³/mol. The van der Waals surface area contributed by atoms with Gasteiger partial charge >= 0.3 is 0 Å². The Kier molecular flexibility index (Phi) is 5.10. The molecule has 0 aliphatic carbocycles. The highest BCUT2D eigenvalue weighted by molar-refractivity contribution is 9.11. The highest BCUT2D eigenvalue weighted by atomic mass is 79.9. The molecule has 100 valence electrons. The summed E-state index contributed by atoms with van der Waals surface area (Å²) < 4.78 is 2.25. The Balaban J connectivity index is 1.93. The van der Waals surface area contributed by atoms with Crippen LogP contribution in [-0.4, -0.2) is 30.1 Å². The molecule has 2 nitrogen and oxygen atoms in total. The Hall–Kier alpha value is -0.0600. The van der Waals surface area contributed by atoms with Crippen LogP contribution in [0.4, 0.5) is 5.69 Å². The van der Waals surface area contributed by atoms with E-state index in [1.807, 2.05) is 0 Å². The van der Waals surface area contributed by atoms with Gasteiger partial charge in [0, 0.05) is 39.8 Å². The van der Waals surface area contributed by atoms with Gasteiger partial charge in [-0.2, -0.15) is 0 Å². The van der Waals surface area contributed by atoms with E-state index >= 15 is 0 Å². The van der Waals surface area contributed by atoms with Gasteiger partial charge < -0.3 is 10.2 Å². The SMILES string of the molecule is CC(C)N1CCC(Nc2cc(Br)ccc2Br)CC1. The number of hydrogen-bond acceptors (Lipinski definition) is 2. The lowest BCUT2D eigenvalue weighted by atomic mass is 10.0. The summed E-state index contributed by atoms with van der Waals surface area (Å²) in [5, 5.41) is 3.65. The van der Waals surface area contributed by atoms with Gasteiger partial charge in [-0.05, 0) is 60.8 Å². The lowest BCUT2D eigenvalue weighted by Gasteiger charge is -2.35. The molecule has 1 heterocycles. The average molecular weight is 376 g/mol. The van der Waals surface area contributed by atoms with Gasteiger partial charge in [0.1, 0.15) is 0 Å². The van der Waals surface area contributed by atoms with E-state index < -0.39 is 0 Å². The summed E-state index contributed by atoms with van der Waals surface area (Å²) in [6.07, 6.45) is 2.44. The minimum Gasteiger partial charge on any atom is -0.381 e. The van der Waals surface area contributed by atoms with E-state index in [0.717, 1.165) is 8.95 Å². The summed E-state index contributed by atoms with van der Waals surface area (Å²) in [5.74, 6) is 0. The molecule has 0 atom stereocenters. The van der Waals surface area contributed by atoms with Crippen molar-refractivity contribution in [1.29, 1.82) is 0 Å². The summed E-state index contributed by atoms with van der Waals surface area (Å²) in [6, 6.07) is 7.53. The molecule has 0 amide bonds. The van der Waals surface area contributed by atoms with Gasteiger partial charge in [-0.3, -0.25) is 0 Å². The Labute approximate surface area is 126 Å². The zero-order chi connectivity index (χ0) is 13.1. The van der Waals surface area contributed by atoms with Gasteiger partial charge in [-0.15, -0.1) is 0 Å². The van der Waals surface area contributed by atoms with Crippen molar-refractivity contribution >= 4 is 37.5 Å². The molecule has 0 radical (unpaired) electrons. The topological polar surface area (TPSA) is 15.3 Å². The van der Waals surface area contributed by atoms with E-state index in [0.29, 0.717) is 12.1 Å². The van der Waals surface area contributed by atoms with E-state index in [-0.39, 0.29) is 0 Å². The van der Waals surface area contributed by atoms with Crippen LogP contribution in [0.25, 0.3) is 0 Å². The van der Waals surface area contributed by atoms with Crippen molar-refractivity contribution in [2.75, 3.05) is 18.4 Å². The highest BCUT2D eigenvalue weighted by Gasteiger charge is 2.20. The second-order valence-electron chi connectivity index (χ2n) is 5.17. The number of nitrogens with zero attached hydrogens (tertiary/aromatic N) is 1. The number of likely N-dealkylation sites (tertiary alicyclic amines) is 1. The molecule has 1 fully saturated rings. The number of halogens is 2. The second-order valence-corrected chi connectivity index (χ2v) is 6.94. The fourth-order valence-electron chi connectivity index (χ4n) is 2.39. The maximum Gasteiger partial charge on any atom is 0.0498 e. The third kappa shape index (κ3) is 3.72. The number of piperidine rings is 1. The largest absolute Gasteiger partial charge is 0.381 e. The van der Waals surface area contributed by atoms with E-state index in [1.54, 1.807) is 0 Å². The number of nitrogens with one attached hydrogen (secondary N) is 1. The monoisotopic (exact) mass is 374 g/mol. The first kappa shape index (κ1) is 14.4. The fourth-order valence-corrected chi connectivity index (χ4v) is 3.11. The zero-order valence-corrected chi connectivity index (χ0v) is 14.1. The molecule has 0 spiro atoms. The summed E-state index contributed by atoms with van der Waals surface area (Å²) in [4.78, 5) is 2.55. The standard InChI is InChI=1S/C14H20Br2N2/c1-10(2)18-7-5-12(6-8-18)17-14-9-11(15)3-4-13(14)16/h3-4,9-10,12,17H,5-8H2,1-2H3. The van der Waals surface area contributed by atoms with E-state index in [9.17, 15) is 0 Å². The number of benzene rings is 1. The molecule has 4 heteroatoms. The highest BCUT2D eigenvalue weighted by Crippen LogP contribution is 2.28. The molecular weight excluding hydrogens is 356 g/mol. The minimum atomic E-state index is 0.589. The lowest BCUT2D eigenvalue weighted by molar-refractivity contribution is 0.177. The second kappa shape index (κ2) is 6.40. The van der Waals surface area contributed by atoms with Gasteiger partial charge in [-0.1, -0.05) is 15.9 Å². The van der Waals surface area contributed by atoms with Crippen LogP contribution < -0.4 is 5.32 Å². The van der Waals surface area contributed by atoms with Gasteiger partial charge in [0.15, 0.2) is 0 Å². The van der Waals surface area contributed by atoms with Crippen molar-refractivity contribution in [3.63, 3.8) is 0 Å². The average Bonchev–Trinajstić information content (AvgIpc) is 2.34. The van der Waals surface area contributed by atoms with E-state index in [1.165, 1.54) is 31.6 Å². The predicted octanol–water partition coefficient (Wildman–Crippen LogP) is 4.50. The third-order valence-electron chi connectivity index (χ3n) is 3.55. The first-order chi connectivity index (χ1) is 8.56. The molecule has 0 unspecified atom stereocenters. The van der Waals surface area contributed by atoms with Gasteiger partial charge in [0.25, 0.3) is 0 Å². The molecule has 1 aromatic rings. The van der Waals surface area contributed by atoms with Crippen molar-refractivity contribution in [2.45, 2.75) is 38.8 Å². The minimum absolute atomic E-state index is 0.589. The summed E-state index contributed by atoms with van der Waals surface area (Å²) in [7, 11) is 0. The molecule has 0 aromatic heterocycles. The Morgan fingerprint density at radius 2 is 1.89 bits per heavy atom.